The van der Waals surface area contributed by atoms with Gasteiger partial charge in [-0.1, -0.05) is 26.7 Å². The number of nitrogens with zero attached hydrogens (tertiary/aromatic N) is 1. The van der Waals surface area contributed by atoms with Crippen molar-refractivity contribution in [1.82, 2.24) is 4.90 Å². The van der Waals surface area contributed by atoms with E-state index >= 15 is 0 Å². The van der Waals surface area contributed by atoms with Gasteiger partial charge in [0.2, 0.25) is 5.91 Å². The molecule has 1 saturated carbocycles. The van der Waals surface area contributed by atoms with Crippen LogP contribution in [0.5, 0.6) is 0 Å². The molecule has 0 bridgehead atoms. The number of rotatable bonds is 7. The molecule has 18 heavy (non-hydrogen) atoms. The van der Waals surface area contributed by atoms with Gasteiger partial charge in [-0.05, 0) is 25.2 Å². The molecular formula is C14H28N2O2. The summed E-state index contributed by atoms with van der Waals surface area (Å²) in [5.41, 5.74) is 5.89. The quantitative estimate of drug-likeness (QED) is 0.755. The lowest BCUT2D eigenvalue weighted by molar-refractivity contribution is -0.136. The van der Waals surface area contributed by atoms with Gasteiger partial charge in [0.05, 0.1) is 6.61 Å². The molecule has 0 radical (unpaired) electrons. The van der Waals surface area contributed by atoms with Crippen LogP contribution in [0.4, 0.5) is 0 Å². The van der Waals surface area contributed by atoms with Gasteiger partial charge in [-0.15, -0.1) is 0 Å². The first-order chi connectivity index (χ1) is 8.56. The maximum atomic E-state index is 12.4. The molecule has 1 fully saturated rings. The Morgan fingerprint density at radius 3 is 2.50 bits per heavy atom. The minimum absolute atomic E-state index is 0.0596. The zero-order valence-corrected chi connectivity index (χ0v) is 12.0. The van der Waals surface area contributed by atoms with Crippen molar-refractivity contribution in [2.45, 2.75) is 58.0 Å². The Hall–Kier alpha value is -0.610. The van der Waals surface area contributed by atoms with Gasteiger partial charge in [0.25, 0.3) is 0 Å². The molecule has 1 amide bonds. The van der Waals surface area contributed by atoms with Crippen LogP contribution in [0.2, 0.25) is 0 Å². The molecule has 0 aliphatic heterocycles. The van der Waals surface area contributed by atoms with Gasteiger partial charge in [-0.3, -0.25) is 4.79 Å². The molecule has 4 heteroatoms. The van der Waals surface area contributed by atoms with E-state index < -0.39 is 6.04 Å². The fraction of sp³-hybridized carbons (Fsp3) is 0.929. The van der Waals surface area contributed by atoms with E-state index in [0.29, 0.717) is 18.6 Å². The number of ether oxygens (including phenoxy) is 1. The lowest BCUT2D eigenvalue weighted by atomic mass is 10.1. The monoisotopic (exact) mass is 256 g/mol. The summed E-state index contributed by atoms with van der Waals surface area (Å²) < 4.78 is 4.99. The topological polar surface area (TPSA) is 55.6 Å². The summed E-state index contributed by atoms with van der Waals surface area (Å²) in [6.07, 6.45) is 5.76. The van der Waals surface area contributed by atoms with Gasteiger partial charge in [0.15, 0.2) is 0 Å². The van der Waals surface area contributed by atoms with Crippen LogP contribution in [0, 0.1) is 5.92 Å². The molecule has 4 nitrogen and oxygen atoms in total. The average Bonchev–Trinajstić information content (AvgIpc) is 2.82. The first-order valence-electron chi connectivity index (χ1n) is 7.11. The van der Waals surface area contributed by atoms with Gasteiger partial charge < -0.3 is 15.4 Å². The summed E-state index contributed by atoms with van der Waals surface area (Å²) in [6, 6.07) is -0.109. The van der Waals surface area contributed by atoms with Gasteiger partial charge in [-0.2, -0.15) is 0 Å². The summed E-state index contributed by atoms with van der Waals surface area (Å²) >= 11 is 0. The summed E-state index contributed by atoms with van der Waals surface area (Å²) in [6.45, 7) is 5.51. The van der Waals surface area contributed by atoms with Crippen molar-refractivity contribution in [2.24, 2.45) is 11.7 Å². The molecule has 0 spiro atoms. The van der Waals surface area contributed by atoms with Gasteiger partial charge in [0.1, 0.15) is 6.04 Å². The van der Waals surface area contributed by atoms with Crippen molar-refractivity contribution in [1.29, 1.82) is 0 Å². The SMILES string of the molecule is COCC(N)C(=O)N(CCC(C)C)C1CCCC1. The minimum Gasteiger partial charge on any atom is -0.383 e. The van der Waals surface area contributed by atoms with Crippen molar-refractivity contribution in [2.75, 3.05) is 20.3 Å². The molecule has 0 aromatic rings. The number of hydrogen-bond acceptors (Lipinski definition) is 3. The number of carbonyl (C=O) groups excluding carboxylic acids is 1. The molecule has 1 unspecified atom stereocenters. The lowest BCUT2D eigenvalue weighted by Gasteiger charge is -2.31. The van der Waals surface area contributed by atoms with Crippen molar-refractivity contribution in [3.05, 3.63) is 0 Å². The van der Waals surface area contributed by atoms with Gasteiger partial charge in [-0.25, -0.2) is 0 Å². The van der Waals surface area contributed by atoms with Crippen molar-refractivity contribution < 1.29 is 9.53 Å². The lowest BCUT2D eigenvalue weighted by Crippen LogP contribution is -2.50. The molecule has 0 heterocycles. The Balaban J connectivity index is 2.60. The molecule has 1 aliphatic carbocycles. The average molecular weight is 256 g/mol. The predicted octanol–water partition coefficient (Wildman–Crippen LogP) is 1.78. The predicted molar refractivity (Wildman–Crippen MR) is 73.3 cm³/mol. The Bertz CT molecular complexity index is 250. The molecule has 1 aliphatic rings. The number of amides is 1. The molecule has 106 valence electrons. The van der Waals surface area contributed by atoms with E-state index in [-0.39, 0.29) is 5.91 Å². The minimum atomic E-state index is -0.511. The first kappa shape index (κ1) is 15.4. The van der Waals surface area contributed by atoms with Crippen molar-refractivity contribution in [3.63, 3.8) is 0 Å². The molecule has 0 saturated heterocycles. The summed E-state index contributed by atoms with van der Waals surface area (Å²) in [5.74, 6) is 0.671. The first-order valence-corrected chi connectivity index (χ1v) is 7.11. The van der Waals surface area contributed by atoms with Gasteiger partial charge >= 0.3 is 0 Å². The highest BCUT2D eigenvalue weighted by Gasteiger charge is 2.29. The Kier molecular flexibility index (Phi) is 6.65. The van der Waals surface area contributed by atoms with E-state index in [9.17, 15) is 4.79 Å². The number of nitrogens with two attached hydrogens (primary N) is 1. The van der Waals surface area contributed by atoms with Crippen LogP contribution >= 0.6 is 0 Å². The zero-order valence-electron chi connectivity index (χ0n) is 12.0. The maximum absolute atomic E-state index is 12.4. The van der Waals surface area contributed by atoms with Crippen LogP contribution in [-0.2, 0) is 9.53 Å². The van der Waals surface area contributed by atoms with Crippen LogP contribution in [0.1, 0.15) is 46.0 Å². The van der Waals surface area contributed by atoms with E-state index in [2.05, 4.69) is 13.8 Å². The summed E-state index contributed by atoms with van der Waals surface area (Å²) in [5, 5.41) is 0. The third kappa shape index (κ3) is 4.58. The molecular weight excluding hydrogens is 228 g/mol. The molecule has 0 aromatic heterocycles. The fourth-order valence-electron chi connectivity index (χ4n) is 2.55. The molecule has 0 aromatic carbocycles. The summed E-state index contributed by atoms with van der Waals surface area (Å²) in [4.78, 5) is 14.4. The Morgan fingerprint density at radius 2 is 2.00 bits per heavy atom. The standard InChI is InChI=1S/C14H28N2O2/c1-11(2)8-9-16(12-6-4-5-7-12)14(17)13(15)10-18-3/h11-13H,4-10,15H2,1-3H3. The highest BCUT2D eigenvalue weighted by Crippen LogP contribution is 2.24. The van der Waals surface area contributed by atoms with Crippen LogP contribution in [0.15, 0.2) is 0 Å². The second kappa shape index (κ2) is 7.74. The second-order valence-electron chi connectivity index (χ2n) is 5.71. The van der Waals surface area contributed by atoms with Crippen LogP contribution in [-0.4, -0.2) is 43.2 Å². The van der Waals surface area contributed by atoms with Gasteiger partial charge in [0, 0.05) is 19.7 Å². The molecule has 1 rings (SSSR count). The fourth-order valence-corrected chi connectivity index (χ4v) is 2.55. The summed E-state index contributed by atoms with van der Waals surface area (Å²) in [7, 11) is 1.58. The largest absolute Gasteiger partial charge is 0.383 e. The maximum Gasteiger partial charge on any atom is 0.242 e. The van der Waals surface area contributed by atoms with E-state index in [4.69, 9.17) is 10.5 Å². The highest BCUT2D eigenvalue weighted by molar-refractivity contribution is 5.82. The van der Waals surface area contributed by atoms with E-state index in [1.165, 1.54) is 12.8 Å². The second-order valence-corrected chi connectivity index (χ2v) is 5.71. The van der Waals surface area contributed by atoms with Crippen LogP contribution in [0.25, 0.3) is 0 Å². The number of carbonyl (C=O) groups is 1. The number of methoxy groups -OCH3 is 1. The van der Waals surface area contributed by atoms with Crippen molar-refractivity contribution >= 4 is 5.91 Å². The van der Waals surface area contributed by atoms with E-state index in [1.54, 1.807) is 7.11 Å². The smallest absolute Gasteiger partial charge is 0.242 e. The Morgan fingerprint density at radius 1 is 1.39 bits per heavy atom. The van der Waals surface area contributed by atoms with E-state index in [1.807, 2.05) is 4.90 Å². The third-order valence-corrected chi connectivity index (χ3v) is 3.66. The van der Waals surface area contributed by atoms with E-state index in [0.717, 1.165) is 25.8 Å². The van der Waals surface area contributed by atoms with Crippen LogP contribution in [0.3, 0.4) is 0 Å². The third-order valence-electron chi connectivity index (χ3n) is 3.66. The zero-order chi connectivity index (χ0) is 13.5. The number of hydrogen-bond donors (Lipinski definition) is 1. The molecule has 1 atom stereocenters. The molecule has 2 N–H and O–H groups in total. The normalized spacial score (nSPS) is 18.3. The van der Waals surface area contributed by atoms with Crippen molar-refractivity contribution in [3.8, 4) is 0 Å². The highest BCUT2D eigenvalue weighted by atomic mass is 16.5. The Labute approximate surface area is 111 Å². The van der Waals surface area contributed by atoms with Crippen LogP contribution < -0.4 is 5.73 Å².